The molecular formula is C32H40N2O7. The fourth-order valence-electron chi connectivity index (χ4n) is 6.18. The Balaban J connectivity index is 1.29. The Labute approximate surface area is 241 Å². The highest BCUT2D eigenvalue weighted by Gasteiger charge is 2.64. The minimum atomic E-state index is -0.897. The first kappa shape index (κ1) is 28.9. The number of nitrogens with zero attached hydrogens (tertiary/aromatic N) is 1. The fraction of sp³-hybridized carbons (Fsp3) is 0.531. The number of nitrogens with one attached hydrogen (secondary N) is 1. The van der Waals surface area contributed by atoms with Gasteiger partial charge in [-0.15, -0.1) is 0 Å². The van der Waals surface area contributed by atoms with Crippen LogP contribution in [0.4, 0.5) is 0 Å². The summed E-state index contributed by atoms with van der Waals surface area (Å²) in [6.45, 7) is 8.55. The van der Waals surface area contributed by atoms with Gasteiger partial charge in [-0.2, -0.15) is 0 Å². The standard InChI is InChI=1S/C32H40N2O7/c1-4-7-24(22-10-13-25-26(19-22)40-20-39-25)33-31(37)28-29(36)32(5-2,6-3)30(28)41-23-11-8-21(9-12-23)18-27(35)34-14-16-38-17-15-34/h8-13,19,24,28,30H,4-7,14-18,20H2,1-3H3,(H,33,37)/t24?,28?,30-/m1/s1. The first-order valence-corrected chi connectivity index (χ1v) is 14.8. The van der Waals surface area contributed by atoms with Crippen LogP contribution in [0, 0.1) is 11.3 Å². The maximum atomic E-state index is 13.7. The number of morpholine rings is 1. The first-order valence-electron chi connectivity index (χ1n) is 14.8. The van der Waals surface area contributed by atoms with E-state index in [0.29, 0.717) is 62.8 Å². The van der Waals surface area contributed by atoms with E-state index in [-0.39, 0.29) is 30.4 Å². The number of hydrogen-bond acceptors (Lipinski definition) is 7. The number of ether oxygens (including phenoxy) is 4. The Morgan fingerprint density at radius 1 is 1.02 bits per heavy atom. The zero-order valence-corrected chi connectivity index (χ0v) is 24.1. The highest BCUT2D eigenvalue weighted by Crippen LogP contribution is 2.50. The number of benzene rings is 2. The summed E-state index contributed by atoms with van der Waals surface area (Å²) in [5.74, 6) is 0.708. The lowest BCUT2D eigenvalue weighted by Gasteiger charge is -2.51. The quantitative estimate of drug-likeness (QED) is 0.408. The van der Waals surface area contributed by atoms with Crippen LogP contribution in [0.1, 0.15) is 63.6 Å². The normalized spacial score (nSPS) is 21.6. The van der Waals surface area contributed by atoms with E-state index >= 15 is 0 Å². The molecular weight excluding hydrogens is 524 g/mol. The van der Waals surface area contributed by atoms with Gasteiger partial charge in [0, 0.05) is 13.1 Å². The molecule has 2 unspecified atom stereocenters. The SMILES string of the molecule is CCCC(NC(=O)C1C(=O)C(CC)(CC)[C@@H]1Oc1ccc(CC(=O)N2CCOCC2)cc1)c1ccc2c(c1)OCO2. The van der Waals surface area contributed by atoms with Gasteiger partial charge in [0.2, 0.25) is 18.6 Å². The number of Topliss-reactive ketones (excluding diaryl/α,β-unsaturated/α-hetero) is 1. The van der Waals surface area contributed by atoms with E-state index in [9.17, 15) is 14.4 Å². The average Bonchev–Trinajstić information content (AvgIpc) is 3.47. The van der Waals surface area contributed by atoms with Crippen LogP contribution in [0.5, 0.6) is 17.2 Å². The van der Waals surface area contributed by atoms with Gasteiger partial charge in [0.25, 0.3) is 0 Å². The molecule has 5 rings (SSSR count). The molecule has 1 aliphatic carbocycles. The van der Waals surface area contributed by atoms with Crippen LogP contribution in [0.25, 0.3) is 0 Å². The van der Waals surface area contributed by atoms with Gasteiger partial charge in [-0.05, 0) is 54.7 Å². The molecule has 2 heterocycles. The first-order chi connectivity index (χ1) is 19.9. The molecule has 3 aliphatic rings. The predicted octanol–water partition coefficient (Wildman–Crippen LogP) is 4.23. The molecule has 1 N–H and O–H groups in total. The van der Waals surface area contributed by atoms with E-state index in [4.69, 9.17) is 18.9 Å². The van der Waals surface area contributed by atoms with Gasteiger partial charge in [-0.3, -0.25) is 14.4 Å². The monoisotopic (exact) mass is 564 g/mol. The number of carbonyl (C=O) groups is 3. The number of ketones is 1. The van der Waals surface area contributed by atoms with Crippen molar-refractivity contribution in [2.45, 2.75) is 65.0 Å². The van der Waals surface area contributed by atoms with E-state index < -0.39 is 17.4 Å². The van der Waals surface area contributed by atoms with Crippen molar-refractivity contribution in [3.63, 3.8) is 0 Å². The van der Waals surface area contributed by atoms with Crippen molar-refractivity contribution in [3.05, 3.63) is 53.6 Å². The van der Waals surface area contributed by atoms with Crippen LogP contribution < -0.4 is 19.5 Å². The maximum Gasteiger partial charge on any atom is 0.234 e. The van der Waals surface area contributed by atoms with Crippen molar-refractivity contribution in [2.24, 2.45) is 11.3 Å². The molecule has 9 heteroatoms. The molecule has 220 valence electrons. The summed E-state index contributed by atoms with van der Waals surface area (Å²) in [5.41, 5.74) is 1.08. The second-order valence-corrected chi connectivity index (χ2v) is 11.0. The van der Waals surface area contributed by atoms with E-state index in [1.165, 1.54) is 0 Å². The molecule has 2 fully saturated rings. The largest absolute Gasteiger partial charge is 0.488 e. The zero-order valence-electron chi connectivity index (χ0n) is 24.1. The molecule has 41 heavy (non-hydrogen) atoms. The molecule has 0 aromatic heterocycles. The van der Waals surface area contributed by atoms with Gasteiger partial charge in [0.1, 0.15) is 17.8 Å². The molecule has 0 radical (unpaired) electrons. The molecule has 0 bridgehead atoms. The number of amides is 2. The van der Waals surface area contributed by atoms with Crippen LogP contribution >= 0.6 is 0 Å². The Bertz CT molecular complexity index is 1250. The van der Waals surface area contributed by atoms with Gasteiger partial charge in [-0.1, -0.05) is 45.4 Å². The number of hydrogen-bond donors (Lipinski definition) is 1. The molecule has 3 atom stereocenters. The Morgan fingerprint density at radius 3 is 2.41 bits per heavy atom. The summed E-state index contributed by atoms with van der Waals surface area (Å²) in [6.07, 6.45) is 2.47. The van der Waals surface area contributed by atoms with Crippen molar-refractivity contribution < 1.29 is 33.3 Å². The van der Waals surface area contributed by atoms with Crippen molar-refractivity contribution in [2.75, 3.05) is 33.1 Å². The topological polar surface area (TPSA) is 103 Å². The summed E-state index contributed by atoms with van der Waals surface area (Å²) < 4.78 is 22.7. The minimum absolute atomic E-state index is 0.0707. The highest BCUT2D eigenvalue weighted by molar-refractivity contribution is 6.10. The molecule has 1 saturated carbocycles. The van der Waals surface area contributed by atoms with Gasteiger partial charge in [0.05, 0.1) is 31.1 Å². The van der Waals surface area contributed by atoms with Gasteiger partial charge in [-0.25, -0.2) is 0 Å². The van der Waals surface area contributed by atoms with Crippen LogP contribution in [0.2, 0.25) is 0 Å². The molecule has 2 aromatic rings. The van der Waals surface area contributed by atoms with Crippen LogP contribution in [0.15, 0.2) is 42.5 Å². The van der Waals surface area contributed by atoms with E-state index in [1.807, 2.05) is 61.2 Å². The van der Waals surface area contributed by atoms with Gasteiger partial charge in [0.15, 0.2) is 17.3 Å². The van der Waals surface area contributed by atoms with Gasteiger partial charge < -0.3 is 29.2 Å². The third kappa shape index (κ3) is 5.77. The van der Waals surface area contributed by atoms with Crippen molar-refractivity contribution in [1.82, 2.24) is 10.2 Å². The lowest BCUT2D eigenvalue weighted by Crippen LogP contribution is -2.68. The van der Waals surface area contributed by atoms with Crippen molar-refractivity contribution >= 4 is 17.6 Å². The Hall–Kier alpha value is -3.59. The molecule has 2 aliphatic heterocycles. The number of fused-ring (bicyclic) bond motifs is 1. The summed E-state index contributed by atoms with van der Waals surface area (Å²) in [5, 5.41) is 3.13. The number of carbonyl (C=O) groups excluding carboxylic acids is 3. The molecule has 0 spiro atoms. The fourth-order valence-corrected chi connectivity index (χ4v) is 6.18. The summed E-state index contributed by atoms with van der Waals surface area (Å²) >= 11 is 0. The molecule has 1 saturated heterocycles. The van der Waals surface area contributed by atoms with Crippen LogP contribution in [-0.4, -0.2) is 61.7 Å². The smallest absolute Gasteiger partial charge is 0.234 e. The molecule has 9 nitrogen and oxygen atoms in total. The predicted molar refractivity (Wildman–Crippen MR) is 152 cm³/mol. The summed E-state index contributed by atoms with van der Waals surface area (Å²) in [6, 6.07) is 12.8. The van der Waals surface area contributed by atoms with Crippen molar-refractivity contribution in [3.8, 4) is 17.2 Å². The average molecular weight is 565 g/mol. The third-order valence-corrected chi connectivity index (χ3v) is 8.76. The summed E-state index contributed by atoms with van der Waals surface area (Å²) in [4.78, 5) is 41.6. The van der Waals surface area contributed by atoms with Crippen molar-refractivity contribution in [1.29, 1.82) is 0 Å². The van der Waals surface area contributed by atoms with Crippen LogP contribution in [-0.2, 0) is 25.5 Å². The number of rotatable bonds is 11. The lowest BCUT2D eigenvalue weighted by atomic mass is 9.55. The molecule has 2 aromatic carbocycles. The second-order valence-electron chi connectivity index (χ2n) is 11.0. The van der Waals surface area contributed by atoms with E-state index in [2.05, 4.69) is 12.2 Å². The highest BCUT2D eigenvalue weighted by atomic mass is 16.7. The Morgan fingerprint density at radius 2 is 1.73 bits per heavy atom. The Kier molecular flexibility index (Phi) is 8.82. The van der Waals surface area contributed by atoms with E-state index in [0.717, 1.165) is 24.0 Å². The second kappa shape index (κ2) is 12.5. The zero-order chi connectivity index (χ0) is 29.0. The van der Waals surface area contributed by atoms with Gasteiger partial charge >= 0.3 is 0 Å². The maximum absolute atomic E-state index is 13.7. The molecule has 2 amide bonds. The van der Waals surface area contributed by atoms with Crippen LogP contribution in [0.3, 0.4) is 0 Å². The minimum Gasteiger partial charge on any atom is -0.488 e. The lowest BCUT2D eigenvalue weighted by molar-refractivity contribution is -0.173. The third-order valence-electron chi connectivity index (χ3n) is 8.76. The summed E-state index contributed by atoms with van der Waals surface area (Å²) in [7, 11) is 0. The van der Waals surface area contributed by atoms with E-state index in [1.54, 1.807) is 0 Å².